The number of piperidine rings is 1. The predicted molar refractivity (Wildman–Crippen MR) is 130 cm³/mol. The minimum atomic E-state index is -3.11. The van der Waals surface area contributed by atoms with E-state index in [0.717, 1.165) is 17.8 Å². The summed E-state index contributed by atoms with van der Waals surface area (Å²) in [7, 11) is 0. The van der Waals surface area contributed by atoms with Crippen LogP contribution in [0, 0.1) is 22.6 Å². The second-order valence-corrected chi connectivity index (χ2v) is 11.5. The molecule has 6 nitrogen and oxygen atoms in total. The summed E-state index contributed by atoms with van der Waals surface area (Å²) in [6, 6.07) is 2.60. The van der Waals surface area contributed by atoms with E-state index in [-0.39, 0.29) is 39.8 Å². The summed E-state index contributed by atoms with van der Waals surface area (Å²) in [6.07, 6.45) is 3.56. The average Bonchev–Trinajstić information content (AvgIpc) is 3.20. The van der Waals surface area contributed by atoms with Crippen molar-refractivity contribution in [3.8, 4) is 16.3 Å². The number of nitrogens with zero attached hydrogens (tertiary/aromatic N) is 2. The molecule has 1 aliphatic rings. The van der Waals surface area contributed by atoms with Crippen molar-refractivity contribution in [3.05, 3.63) is 34.6 Å². The fourth-order valence-corrected chi connectivity index (χ4v) is 5.89. The second kappa shape index (κ2) is 10.8. The molecule has 1 saturated heterocycles. The monoisotopic (exact) mass is 513 g/mol. The number of hydrogen-bond donors (Lipinski definition) is 2. The second-order valence-electron chi connectivity index (χ2n) is 10.4. The molecule has 3 N–H and O–H groups in total. The van der Waals surface area contributed by atoms with Gasteiger partial charge in [-0.3, -0.25) is 9.69 Å². The van der Waals surface area contributed by atoms with E-state index in [1.807, 2.05) is 6.92 Å². The number of aromatic nitrogens is 1. The molecule has 0 amide bonds. The summed E-state index contributed by atoms with van der Waals surface area (Å²) in [4.78, 5) is 19.6. The third kappa shape index (κ3) is 6.16. The molecule has 0 spiro atoms. The molecule has 1 aromatic carbocycles. The van der Waals surface area contributed by atoms with Crippen molar-refractivity contribution in [3.63, 3.8) is 0 Å². The minimum Gasteiger partial charge on any atom is -0.481 e. The Labute approximate surface area is 208 Å². The Morgan fingerprint density at radius 2 is 2.11 bits per heavy atom. The Morgan fingerprint density at radius 1 is 1.40 bits per heavy atom. The van der Waals surface area contributed by atoms with E-state index in [1.54, 1.807) is 6.20 Å². The number of carboxylic acid groups (broad SMARTS) is 1. The van der Waals surface area contributed by atoms with Crippen LogP contribution in [0.4, 0.5) is 13.2 Å². The number of thiazole rings is 1. The molecule has 3 rings (SSSR count). The van der Waals surface area contributed by atoms with Gasteiger partial charge in [0.15, 0.2) is 0 Å². The number of hydrogen-bond acceptors (Lipinski definition) is 6. The molecule has 35 heavy (non-hydrogen) atoms. The molecular formula is C25H34F3N3O3S. The maximum Gasteiger partial charge on any atom is 0.387 e. The largest absolute Gasteiger partial charge is 0.481 e. The van der Waals surface area contributed by atoms with E-state index in [1.165, 1.54) is 23.5 Å². The van der Waals surface area contributed by atoms with Gasteiger partial charge in [0.05, 0.1) is 11.0 Å². The van der Waals surface area contributed by atoms with Gasteiger partial charge in [-0.2, -0.15) is 8.78 Å². The lowest BCUT2D eigenvalue weighted by Crippen LogP contribution is -2.53. The van der Waals surface area contributed by atoms with Crippen molar-refractivity contribution in [2.75, 3.05) is 13.1 Å². The van der Waals surface area contributed by atoms with E-state index >= 15 is 4.39 Å². The first-order valence-electron chi connectivity index (χ1n) is 11.8. The van der Waals surface area contributed by atoms with Gasteiger partial charge in [-0.05, 0) is 30.2 Å². The van der Waals surface area contributed by atoms with Crippen LogP contribution in [0.2, 0.25) is 0 Å². The van der Waals surface area contributed by atoms with Gasteiger partial charge in [-0.25, -0.2) is 9.37 Å². The van der Waals surface area contributed by atoms with Gasteiger partial charge < -0.3 is 15.6 Å². The molecule has 0 radical (unpaired) electrons. The molecule has 1 aliphatic heterocycles. The Hall–Kier alpha value is -2.17. The van der Waals surface area contributed by atoms with Crippen LogP contribution >= 0.6 is 11.3 Å². The zero-order valence-corrected chi connectivity index (χ0v) is 21.4. The van der Waals surface area contributed by atoms with Crippen LogP contribution in [0.3, 0.4) is 0 Å². The van der Waals surface area contributed by atoms with E-state index in [9.17, 15) is 18.7 Å². The first kappa shape index (κ1) is 27.4. The van der Waals surface area contributed by atoms with E-state index in [0.29, 0.717) is 25.9 Å². The summed E-state index contributed by atoms with van der Waals surface area (Å²) < 4.78 is 45.5. The Bertz CT molecular complexity index is 1040. The van der Waals surface area contributed by atoms with Crippen molar-refractivity contribution in [2.24, 2.45) is 22.5 Å². The quantitative estimate of drug-likeness (QED) is 0.444. The Morgan fingerprint density at radius 3 is 2.69 bits per heavy atom. The molecular weight excluding hydrogens is 479 g/mol. The van der Waals surface area contributed by atoms with Gasteiger partial charge in [-0.1, -0.05) is 40.2 Å². The van der Waals surface area contributed by atoms with Crippen LogP contribution in [0.1, 0.15) is 57.4 Å². The van der Waals surface area contributed by atoms with Crippen LogP contribution in [0.5, 0.6) is 5.75 Å². The topological polar surface area (TPSA) is 88.7 Å². The van der Waals surface area contributed by atoms with Gasteiger partial charge >= 0.3 is 12.6 Å². The zero-order valence-electron chi connectivity index (χ0n) is 20.6. The number of ether oxygens (including phenoxy) is 1. The third-order valence-electron chi connectivity index (χ3n) is 6.82. The molecule has 2 aromatic rings. The smallest absolute Gasteiger partial charge is 0.387 e. The predicted octanol–water partition coefficient (Wildman–Crippen LogP) is 5.75. The van der Waals surface area contributed by atoms with Gasteiger partial charge in [-0.15, -0.1) is 11.3 Å². The summed E-state index contributed by atoms with van der Waals surface area (Å²) in [5, 5.41) is 10.4. The van der Waals surface area contributed by atoms with Crippen LogP contribution in [-0.4, -0.2) is 40.7 Å². The van der Waals surface area contributed by atoms with Gasteiger partial charge in [0.1, 0.15) is 16.6 Å². The number of likely N-dealkylation sites (tertiary alicyclic amines) is 1. The zero-order chi connectivity index (χ0) is 26.0. The molecule has 2 heterocycles. The molecule has 194 valence electrons. The third-order valence-corrected chi connectivity index (χ3v) is 7.82. The van der Waals surface area contributed by atoms with Crippen LogP contribution in [-0.2, 0) is 17.9 Å². The lowest BCUT2D eigenvalue weighted by molar-refractivity contribution is -0.156. The fraction of sp³-hybridized carbons (Fsp3) is 0.600. The lowest BCUT2D eigenvalue weighted by Gasteiger charge is -2.48. The number of aliphatic carboxylic acids is 1. The minimum absolute atomic E-state index is 0.0702. The van der Waals surface area contributed by atoms with Gasteiger partial charge in [0.2, 0.25) is 0 Å². The first-order valence-corrected chi connectivity index (χ1v) is 12.6. The molecule has 1 aromatic heterocycles. The SMILES string of the molecule is CCC[C@@]1(C(=O)O)C[C@@H](C(C)(C)C)CN(Cc2cnc(-c3c(OC(F)F)ccc(CN)c3F)s2)C1. The highest BCUT2D eigenvalue weighted by Gasteiger charge is 2.47. The average molecular weight is 514 g/mol. The molecule has 0 unspecified atom stereocenters. The highest BCUT2D eigenvalue weighted by molar-refractivity contribution is 7.15. The Balaban J connectivity index is 1.92. The number of halogens is 3. The maximum atomic E-state index is 15.1. The van der Waals surface area contributed by atoms with E-state index in [4.69, 9.17) is 5.73 Å². The summed E-state index contributed by atoms with van der Waals surface area (Å²) >= 11 is 1.18. The van der Waals surface area contributed by atoms with E-state index in [2.05, 4.69) is 35.4 Å². The lowest BCUT2D eigenvalue weighted by atomic mass is 9.65. The normalized spacial score (nSPS) is 21.5. The maximum absolute atomic E-state index is 15.1. The molecule has 0 aliphatic carbocycles. The number of alkyl halides is 2. The molecule has 1 fully saturated rings. The van der Waals surface area contributed by atoms with Gasteiger partial charge in [0, 0.05) is 42.8 Å². The number of benzene rings is 1. The first-order chi connectivity index (χ1) is 16.4. The van der Waals surface area contributed by atoms with Crippen molar-refractivity contribution < 1.29 is 27.8 Å². The van der Waals surface area contributed by atoms with Gasteiger partial charge in [0.25, 0.3) is 0 Å². The summed E-state index contributed by atoms with van der Waals surface area (Å²) in [6.45, 7) is 6.75. The van der Waals surface area contributed by atoms with Crippen molar-refractivity contribution in [1.82, 2.24) is 9.88 Å². The fourth-order valence-electron chi connectivity index (χ4n) is 4.90. The number of nitrogens with two attached hydrogens (primary N) is 1. The number of carbonyl (C=O) groups is 1. The summed E-state index contributed by atoms with van der Waals surface area (Å²) in [5.74, 6) is -1.63. The molecule has 2 atom stereocenters. The number of carboxylic acids is 1. The Kier molecular flexibility index (Phi) is 8.49. The van der Waals surface area contributed by atoms with E-state index < -0.39 is 23.8 Å². The van der Waals surface area contributed by atoms with Crippen molar-refractivity contribution in [1.29, 1.82) is 0 Å². The van der Waals surface area contributed by atoms with Crippen LogP contribution < -0.4 is 10.5 Å². The number of rotatable bonds is 9. The summed E-state index contributed by atoms with van der Waals surface area (Å²) in [5.41, 5.74) is 4.73. The highest BCUT2D eigenvalue weighted by atomic mass is 32.1. The standard InChI is InChI=1S/C25H34F3N3O3S/c1-5-8-25(22(32)33)9-16(24(2,3)4)12-31(14-25)13-17-11-30-21(35-17)19-18(34-23(27)28)7-6-15(10-29)20(19)26/h6-7,11,16,23H,5,8-10,12-14,29H2,1-4H3,(H,32,33)/t16-,25-/m1/s1. The molecule has 10 heteroatoms. The van der Waals surface area contributed by atoms with Crippen LogP contribution in [0.25, 0.3) is 10.6 Å². The highest BCUT2D eigenvalue weighted by Crippen LogP contribution is 2.45. The van der Waals surface area contributed by atoms with Crippen LogP contribution in [0.15, 0.2) is 18.3 Å². The molecule has 0 bridgehead atoms. The van der Waals surface area contributed by atoms with Crippen molar-refractivity contribution >= 4 is 17.3 Å². The van der Waals surface area contributed by atoms with Crippen molar-refractivity contribution in [2.45, 2.75) is 66.7 Å². The molecule has 0 saturated carbocycles.